The Hall–Kier alpha value is -3.68. The topological polar surface area (TPSA) is 102 Å². The summed E-state index contributed by atoms with van der Waals surface area (Å²) >= 11 is 0. The lowest BCUT2D eigenvalue weighted by molar-refractivity contribution is -0.156. The summed E-state index contributed by atoms with van der Waals surface area (Å²) < 4.78 is 15.8. The molecule has 3 rings (SSSR count). The zero-order valence-corrected chi connectivity index (χ0v) is 19.6. The summed E-state index contributed by atoms with van der Waals surface area (Å²) in [4.78, 5) is 24.1. The maximum absolute atomic E-state index is 12.4. The number of hydrogen-bond donors (Lipinski definition) is 2. The van der Waals surface area contributed by atoms with Gasteiger partial charge in [-0.05, 0) is 47.7 Å². The second kappa shape index (κ2) is 13.3. The van der Waals surface area contributed by atoms with Gasteiger partial charge in [-0.3, -0.25) is 4.79 Å². The van der Waals surface area contributed by atoms with Gasteiger partial charge in [0.25, 0.3) is 0 Å². The monoisotopic (exact) mass is 478 g/mol. The quantitative estimate of drug-likeness (QED) is 0.383. The van der Waals surface area contributed by atoms with Crippen LogP contribution in [-0.4, -0.2) is 42.0 Å². The molecule has 0 amide bonds. The van der Waals surface area contributed by atoms with Gasteiger partial charge < -0.3 is 24.4 Å². The van der Waals surface area contributed by atoms with E-state index in [1.165, 1.54) is 7.11 Å². The van der Waals surface area contributed by atoms with Gasteiger partial charge in [-0.2, -0.15) is 0 Å². The average molecular weight is 479 g/mol. The van der Waals surface area contributed by atoms with Gasteiger partial charge in [-0.1, -0.05) is 60.7 Å². The summed E-state index contributed by atoms with van der Waals surface area (Å²) in [6, 6.07) is 23.7. The number of methoxy groups -OCH3 is 1. The first kappa shape index (κ1) is 25.9. The second-order valence-corrected chi connectivity index (χ2v) is 8.12. The van der Waals surface area contributed by atoms with Crippen LogP contribution in [0.2, 0.25) is 0 Å². The van der Waals surface area contributed by atoms with E-state index in [1.807, 2.05) is 54.6 Å². The van der Waals surface area contributed by atoms with Crippen LogP contribution in [0.5, 0.6) is 5.75 Å². The Kier molecular flexibility index (Phi) is 9.83. The average Bonchev–Trinajstić information content (AvgIpc) is 2.90. The predicted octanol–water partition coefficient (Wildman–Crippen LogP) is 3.70. The minimum absolute atomic E-state index is 0.0907. The lowest BCUT2D eigenvalue weighted by atomic mass is 9.96. The molecule has 2 atom stereocenters. The molecule has 184 valence electrons. The number of ether oxygens (including phenoxy) is 3. The van der Waals surface area contributed by atoms with Crippen molar-refractivity contribution in [3.8, 4) is 5.75 Å². The van der Waals surface area contributed by atoms with Crippen molar-refractivity contribution in [2.45, 2.75) is 32.2 Å². The van der Waals surface area contributed by atoms with E-state index in [9.17, 15) is 19.8 Å². The fourth-order valence-corrected chi connectivity index (χ4v) is 3.58. The van der Waals surface area contributed by atoms with E-state index in [4.69, 9.17) is 14.2 Å². The van der Waals surface area contributed by atoms with E-state index in [1.54, 1.807) is 24.3 Å². The molecule has 0 fully saturated rings. The third kappa shape index (κ3) is 7.95. The van der Waals surface area contributed by atoms with E-state index < -0.39 is 30.6 Å². The van der Waals surface area contributed by atoms with Crippen molar-refractivity contribution in [3.63, 3.8) is 0 Å². The molecule has 0 heterocycles. The Morgan fingerprint density at radius 2 is 1.57 bits per heavy atom. The van der Waals surface area contributed by atoms with Crippen LogP contribution >= 0.6 is 0 Å². The Balaban J connectivity index is 1.51. The highest BCUT2D eigenvalue weighted by Gasteiger charge is 2.27. The van der Waals surface area contributed by atoms with Crippen LogP contribution < -0.4 is 4.74 Å². The molecule has 7 nitrogen and oxygen atoms in total. The van der Waals surface area contributed by atoms with Crippen LogP contribution in [0.25, 0.3) is 0 Å². The third-order valence-corrected chi connectivity index (χ3v) is 5.57. The molecular weight excluding hydrogens is 448 g/mol. The molecule has 0 saturated heterocycles. The van der Waals surface area contributed by atoms with Crippen LogP contribution in [-0.2, 0) is 33.9 Å². The highest BCUT2D eigenvalue weighted by atomic mass is 16.5. The Labute approximate surface area is 204 Å². The standard InChI is InChI=1S/C28H30O7/c1-33-27(31)23-11-6-12-24(16-23)34-19-22-10-5-9-20(15-22)13-14-26(30)25(17-29)28(32)35-18-21-7-3-2-4-8-21/h2-12,15-16,25-26,29-30H,13-14,17-19H2,1H3. The number of benzene rings is 3. The molecule has 0 aliphatic heterocycles. The number of carbonyl (C=O) groups is 2. The number of aliphatic hydroxyl groups excluding tert-OH is 2. The summed E-state index contributed by atoms with van der Waals surface area (Å²) in [7, 11) is 1.33. The summed E-state index contributed by atoms with van der Waals surface area (Å²) in [5.74, 6) is -1.51. The lowest BCUT2D eigenvalue weighted by Crippen LogP contribution is -2.33. The van der Waals surface area contributed by atoms with Crippen molar-refractivity contribution in [2.75, 3.05) is 13.7 Å². The van der Waals surface area contributed by atoms with Crippen molar-refractivity contribution in [3.05, 3.63) is 101 Å². The first-order valence-electron chi connectivity index (χ1n) is 11.4. The maximum atomic E-state index is 12.4. The molecule has 2 N–H and O–H groups in total. The minimum atomic E-state index is -1.04. The Morgan fingerprint density at radius 3 is 2.31 bits per heavy atom. The zero-order chi connectivity index (χ0) is 25.0. The molecule has 0 aromatic heterocycles. The molecule has 0 aliphatic carbocycles. The van der Waals surface area contributed by atoms with Gasteiger partial charge in [0.05, 0.1) is 25.4 Å². The molecule has 2 unspecified atom stereocenters. The molecule has 3 aromatic carbocycles. The molecule has 0 spiro atoms. The molecule has 0 radical (unpaired) electrons. The van der Waals surface area contributed by atoms with Gasteiger partial charge in [0, 0.05) is 0 Å². The van der Waals surface area contributed by atoms with Crippen molar-refractivity contribution in [2.24, 2.45) is 5.92 Å². The Bertz CT molecular complexity index is 1100. The largest absolute Gasteiger partial charge is 0.489 e. The van der Waals surface area contributed by atoms with Crippen LogP contribution in [0.15, 0.2) is 78.9 Å². The molecule has 0 bridgehead atoms. The van der Waals surface area contributed by atoms with Crippen molar-refractivity contribution in [1.82, 2.24) is 0 Å². The first-order chi connectivity index (χ1) is 17.0. The van der Waals surface area contributed by atoms with Gasteiger partial charge >= 0.3 is 11.9 Å². The molecule has 7 heteroatoms. The molecule has 0 saturated carbocycles. The fraction of sp³-hybridized carbons (Fsp3) is 0.286. The van der Waals surface area contributed by atoms with Gasteiger partial charge in [0.15, 0.2) is 0 Å². The lowest BCUT2D eigenvalue weighted by Gasteiger charge is -2.20. The van der Waals surface area contributed by atoms with Gasteiger partial charge in [0.1, 0.15) is 24.9 Å². The van der Waals surface area contributed by atoms with Crippen LogP contribution in [0.3, 0.4) is 0 Å². The van der Waals surface area contributed by atoms with Crippen molar-refractivity contribution in [1.29, 1.82) is 0 Å². The maximum Gasteiger partial charge on any atom is 0.337 e. The summed E-state index contributed by atoms with van der Waals surface area (Å²) in [6.07, 6.45) is -0.240. The van der Waals surface area contributed by atoms with E-state index in [0.717, 1.165) is 16.7 Å². The highest BCUT2D eigenvalue weighted by molar-refractivity contribution is 5.89. The zero-order valence-electron chi connectivity index (χ0n) is 19.6. The number of esters is 2. The minimum Gasteiger partial charge on any atom is -0.489 e. The van der Waals surface area contributed by atoms with Gasteiger partial charge in [-0.15, -0.1) is 0 Å². The molecule has 3 aromatic rings. The van der Waals surface area contributed by atoms with Crippen LogP contribution in [0, 0.1) is 5.92 Å². The smallest absolute Gasteiger partial charge is 0.337 e. The number of aryl methyl sites for hydroxylation is 1. The fourth-order valence-electron chi connectivity index (χ4n) is 3.58. The predicted molar refractivity (Wildman–Crippen MR) is 130 cm³/mol. The van der Waals surface area contributed by atoms with Crippen LogP contribution in [0.4, 0.5) is 0 Å². The van der Waals surface area contributed by atoms with Crippen molar-refractivity contribution < 1.29 is 34.0 Å². The molecule has 35 heavy (non-hydrogen) atoms. The Morgan fingerprint density at radius 1 is 0.857 bits per heavy atom. The van der Waals surface area contributed by atoms with E-state index in [2.05, 4.69) is 0 Å². The van der Waals surface area contributed by atoms with E-state index in [0.29, 0.717) is 24.3 Å². The number of hydrogen-bond acceptors (Lipinski definition) is 7. The van der Waals surface area contributed by atoms with Crippen LogP contribution in [0.1, 0.15) is 33.5 Å². The summed E-state index contributed by atoms with van der Waals surface area (Å²) in [5.41, 5.74) is 3.13. The normalized spacial score (nSPS) is 12.4. The molecule has 0 aliphatic rings. The van der Waals surface area contributed by atoms with Gasteiger partial charge in [-0.25, -0.2) is 4.79 Å². The number of rotatable bonds is 12. The molecular formula is C28H30O7. The first-order valence-corrected chi connectivity index (χ1v) is 11.4. The van der Waals surface area contributed by atoms with Gasteiger partial charge in [0.2, 0.25) is 0 Å². The SMILES string of the molecule is COC(=O)c1cccc(OCc2cccc(CCC(O)C(CO)C(=O)OCc3ccccc3)c2)c1. The van der Waals surface area contributed by atoms with E-state index >= 15 is 0 Å². The van der Waals surface area contributed by atoms with Crippen molar-refractivity contribution >= 4 is 11.9 Å². The highest BCUT2D eigenvalue weighted by Crippen LogP contribution is 2.18. The third-order valence-electron chi connectivity index (χ3n) is 5.57. The summed E-state index contributed by atoms with van der Waals surface area (Å²) in [5, 5.41) is 20.2. The second-order valence-electron chi connectivity index (χ2n) is 8.12. The summed E-state index contributed by atoms with van der Waals surface area (Å²) in [6.45, 7) is -0.104. The van der Waals surface area contributed by atoms with E-state index in [-0.39, 0.29) is 13.0 Å². The number of carbonyl (C=O) groups excluding carboxylic acids is 2. The number of aliphatic hydroxyl groups is 2.